The van der Waals surface area contributed by atoms with Gasteiger partial charge in [-0.2, -0.15) is 0 Å². The second kappa shape index (κ2) is 5.31. The largest absolute Gasteiger partial charge is 0.458 e. The van der Waals surface area contributed by atoms with Crippen LogP contribution in [0.3, 0.4) is 0 Å². The first-order chi connectivity index (χ1) is 9.63. The van der Waals surface area contributed by atoms with Gasteiger partial charge in [-0.05, 0) is 36.2 Å². The van der Waals surface area contributed by atoms with Crippen molar-refractivity contribution in [2.24, 2.45) is 0 Å². The lowest BCUT2D eigenvalue weighted by Gasteiger charge is -2.07. The lowest BCUT2D eigenvalue weighted by Crippen LogP contribution is -2.00. The summed E-state index contributed by atoms with van der Waals surface area (Å²) in [5.74, 6) is 0.601. The molecule has 0 aliphatic rings. The molecule has 0 saturated heterocycles. The minimum atomic E-state index is -0.650. The third-order valence-electron chi connectivity index (χ3n) is 3.43. The van der Waals surface area contributed by atoms with E-state index >= 15 is 0 Å². The smallest absolute Gasteiger partial charge is 0.137 e. The standard InChI is InChI=1S/C17H15ClO2/c1-11-3-2-4-13-10-16(20-17(11)13)15(19)9-12-5-7-14(18)8-6-12/h2-8,10,15,19H,9H2,1H3. The number of aliphatic hydroxyl groups excluding tert-OH is 1. The van der Waals surface area contributed by atoms with Crippen molar-refractivity contribution in [3.8, 4) is 0 Å². The zero-order valence-corrected chi connectivity index (χ0v) is 11.9. The number of furan rings is 1. The lowest BCUT2D eigenvalue weighted by atomic mass is 10.1. The summed E-state index contributed by atoms with van der Waals surface area (Å²) in [6, 6.07) is 15.4. The van der Waals surface area contributed by atoms with E-state index in [0.717, 1.165) is 22.1 Å². The van der Waals surface area contributed by atoms with E-state index in [2.05, 4.69) is 0 Å². The van der Waals surface area contributed by atoms with Crippen molar-refractivity contribution >= 4 is 22.6 Å². The maximum atomic E-state index is 10.3. The molecular formula is C17H15ClO2. The molecule has 0 saturated carbocycles. The van der Waals surface area contributed by atoms with E-state index < -0.39 is 6.10 Å². The van der Waals surface area contributed by atoms with Crippen LogP contribution >= 0.6 is 11.6 Å². The maximum absolute atomic E-state index is 10.3. The first-order valence-electron chi connectivity index (χ1n) is 6.55. The van der Waals surface area contributed by atoms with Crippen molar-refractivity contribution in [1.82, 2.24) is 0 Å². The van der Waals surface area contributed by atoms with Crippen LogP contribution in [0.25, 0.3) is 11.0 Å². The first-order valence-corrected chi connectivity index (χ1v) is 6.93. The van der Waals surface area contributed by atoms with Crippen molar-refractivity contribution in [3.63, 3.8) is 0 Å². The van der Waals surface area contributed by atoms with Crippen LogP contribution in [0.4, 0.5) is 0 Å². The van der Waals surface area contributed by atoms with Gasteiger partial charge in [0.2, 0.25) is 0 Å². The Labute approximate surface area is 122 Å². The summed E-state index contributed by atoms with van der Waals surface area (Å²) >= 11 is 5.86. The number of rotatable bonds is 3. The zero-order valence-electron chi connectivity index (χ0n) is 11.1. The first kappa shape index (κ1) is 13.2. The molecule has 1 heterocycles. The number of aliphatic hydroxyl groups is 1. The molecule has 1 aromatic heterocycles. The SMILES string of the molecule is Cc1cccc2cc(C(O)Cc3ccc(Cl)cc3)oc12. The van der Waals surface area contributed by atoms with Crippen LogP contribution in [0.5, 0.6) is 0 Å². The molecule has 1 unspecified atom stereocenters. The van der Waals surface area contributed by atoms with Gasteiger partial charge in [0.15, 0.2) is 0 Å². The third-order valence-corrected chi connectivity index (χ3v) is 3.68. The number of para-hydroxylation sites is 1. The second-order valence-corrected chi connectivity index (χ2v) is 5.42. The van der Waals surface area contributed by atoms with Gasteiger partial charge in [-0.1, -0.05) is 41.9 Å². The fraction of sp³-hybridized carbons (Fsp3) is 0.176. The monoisotopic (exact) mass is 286 g/mol. The molecule has 3 heteroatoms. The fourth-order valence-electron chi connectivity index (χ4n) is 2.34. The molecule has 1 N–H and O–H groups in total. The van der Waals surface area contributed by atoms with Crippen molar-refractivity contribution in [3.05, 3.63) is 70.4 Å². The molecule has 0 amide bonds. The molecule has 20 heavy (non-hydrogen) atoms. The molecule has 1 atom stereocenters. The lowest BCUT2D eigenvalue weighted by molar-refractivity contribution is 0.152. The van der Waals surface area contributed by atoms with Gasteiger partial charge in [-0.25, -0.2) is 0 Å². The highest BCUT2D eigenvalue weighted by Crippen LogP contribution is 2.28. The van der Waals surface area contributed by atoms with Crippen molar-refractivity contribution in [1.29, 1.82) is 0 Å². The highest BCUT2D eigenvalue weighted by atomic mass is 35.5. The molecule has 0 spiro atoms. The zero-order chi connectivity index (χ0) is 14.1. The summed E-state index contributed by atoms with van der Waals surface area (Å²) in [6.45, 7) is 2.00. The molecular weight excluding hydrogens is 272 g/mol. The van der Waals surface area contributed by atoms with Crippen molar-refractivity contribution in [2.75, 3.05) is 0 Å². The van der Waals surface area contributed by atoms with Gasteiger partial charge >= 0.3 is 0 Å². The summed E-state index contributed by atoms with van der Waals surface area (Å²) in [5.41, 5.74) is 2.95. The molecule has 0 fully saturated rings. The van der Waals surface area contributed by atoms with Crippen LogP contribution in [0.1, 0.15) is 23.0 Å². The number of aryl methyl sites for hydroxylation is 1. The minimum Gasteiger partial charge on any atom is -0.458 e. The topological polar surface area (TPSA) is 33.4 Å². The normalized spacial score (nSPS) is 12.8. The average Bonchev–Trinajstić information content (AvgIpc) is 2.87. The molecule has 2 nitrogen and oxygen atoms in total. The van der Waals surface area contributed by atoms with Crippen LogP contribution < -0.4 is 0 Å². The van der Waals surface area contributed by atoms with Gasteiger partial charge in [0, 0.05) is 16.8 Å². The van der Waals surface area contributed by atoms with E-state index in [1.807, 2.05) is 55.5 Å². The maximum Gasteiger partial charge on any atom is 0.137 e. The van der Waals surface area contributed by atoms with Gasteiger partial charge in [-0.15, -0.1) is 0 Å². The van der Waals surface area contributed by atoms with Crippen LogP contribution in [0.15, 0.2) is 52.9 Å². The van der Waals surface area contributed by atoms with Gasteiger partial charge in [0.25, 0.3) is 0 Å². The van der Waals surface area contributed by atoms with Gasteiger partial charge < -0.3 is 9.52 Å². The van der Waals surface area contributed by atoms with E-state index in [9.17, 15) is 5.11 Å². The summed E-state index contributed by atoms with van der Waals surface area (Å²) < 4.78 is 5.78. The van der Waals surface area contributed by atoms with Crippen LogP contribution in [-0.4, -0.2) is 5.11 Å². The molecule has 2 aromatic carbocycles. The number of halogens is 1. The Morgan fingerprint density at radius 1 is 1.15 bits per heavy atom. The summed E-state index contributed by atoms with van der Waals surface area (Å²) in [5, 5.41) is 12.0. The van der Waals surface area contributed by atoms with Gasteiger partial charge in [0.05, 0.1) is 0 Å². The minimum absolute atomic E-state index is 0.510. The average molecular weight is 287 g/mol. The van der Waals surface area contributed by atoms with Crippen LogP contribution in [-0.2, 0) is 6.42 Å². The summed E-state index contributed by atoms with van der Waals surface area (Å²) in [7, 11) is 0. The molecule has 102 valence electrons. The number of fused-ring (bicyclic) bond motifs is 1. The Morgan fingerprint density at radius 3 is 2.60 bits per heavy atom. The Balaban J connectivity index is 1.86. The Bertz CT molecular complexity index is 728. The quantitative estimate of drug-likeness (QED) is 0.759. The van der Waals surface area contributed by atoms with Crippen LogP contribution in [0.2, 0.25) is 5.02 Å². The molecule has 0 aliphatic heterocycles. The fourth-order valence-corrected chi connectivity index (χ4v) is 2.46. The molecule has 0 aliphatic carbocycles. The highest BCUT2D eigenvalue weighted by molar-refractivity contribution is 6.30. The van der Waals surface area contributed by atoms with E-state index in [1.54, 1.807) is 0 Å². The van der Waals surface area contributed by atoms with E-state index in [0.29, 0.717) is 17.2 Å². The predicted molar refractivity (Wildman–Crippen MR) is 81.1 cm³/mol. The summed E-state index contributed by atoms with van der Waals surface area (Å²) in [6.07, 6.45) is -0.140. The predicted octanol–water partition coefficient (Wildman–Crippen LogP) is 4.67. The van der Waals surface area contributed by atoms with Gasteiger partial charge in [0.1, 0.15) is 17.4 Å². The molecule has 0 radical (unpaired) electrons. The number of benzene rings is 2. The Morgan fingerprint density at radius 2 is 1.90 bits per heavy atom. The van der Waals surface area contributed by atoms with Crippen molar-refractivity contribution < 1.29 is 9.52 Å². The van der Waals surface area contributed by atoms with E-state index in [1.165, 1.54) is 0 Å². The highest BCUT2D eigenvalue weighted by Gasteiger charge is 2.14. The molecule has 0 bridgehead atoms. The van der Waals surface area contributed by atoms with Gasteiger partial charge in [-0.3, -0.25) is 0 Å². The van der Waals surface area contributed by atoms with E-state index in [4.69, 9.17) is 16.0 Å². The van der Waals surface area contributed by atoms with E-state index in [-0.39, 0.29) is 0 Å². The summed E-state index contributed by atoms with van der Waals surface area (Å²) in [4.78, 5) is 0. The number of hydrogen-bond donors (Lipinski definition) is 1. The second-order valence-electron chi connectivity index (χ2n) is 4.99. The Hall–Kier alpha value is -1.77. The Kier molecular flexibility index (Phi) is 3.51. The molecule has 3 aromatic rings. The van der Waals surface area contributed by atoms with Crippen molar-refractivity contribution in [2.45, 2.75) is 19.4 Å². The third kappa shape index (κ3) is 2.58. The molecule has 3 rings (SSSR count). The van der Waals surface area contributed by atoms with Crippen LogP contribution in [0, 0.1) is 6.92 Å². The number of hydrogen-bond acceptors (Lipinski definition) is 2.